The fraction of sp³-hybridized carbons (Fsp3) is 0.200. The highest BCUT2D eigenvalue weighted by Gasteiger charge is 2.38. The normalized spacial score (nSPS) is 16.3. The number of benzene rings is 1. The molecule has 1 unspecified atom stereocenters. The van der Waals surface area contributed by atoms with E-state index in [1.165, 1.54) is 0 Å². The summed E-state index contributed by atoms with van der Waals surface area (Å²) < 4.78 is 0. The van der Waals surface area contributed by atoms with E-state index < -0.39 is 0 Å². The molecule has 0 N–H and O–H groups in total. The zero-order valence-electron chi connectivity index (χ0n) is 18.0. The molecule has 1 aliphatic rings. The Morgan fingerprint density at radius 1 is 1.16 bits per heavy atom. The number of anilines is 2. The second-order valence-electron chi connectivity index (χ2n) is 7.28. The Bertz CT molecular complexity index is 1160. The lowest BCUT2D eigenvalue weighted by Crippen LogP contribution is -2.51. The van der Waals surface area contributed by atoms with Gasteiger partial charge in [-0.3, -0.25) is 9.78 Å². The van der Waals surface area contributed by atoms with Crippen LogP contribution in [0.5, 0.6) is 0 Å². The molecule has 0 spiro atoms. The molecule has 1 aromatic carbocycles. The first-order chi connectivity index (χ1) is 15.1. The van der Waals surface area contributed by atoms with Gasteiger partial charge < -0.3 is 9.80 Å². The summed E-state index contributed by atoms with van der Waals surface area (Å²) in [7, 11) is 1.77. The molecule has 0 fully saturated rings. The zero-order chi connectivity index (χ0) is 22.0. The van der Waals surface area contributed by atoms with Gasteiger partial charge in [-0.05, 0) is 31.6 Å². The van der Waals surface area contributed by atoms with Crippen molar-refractivity contribution < 1.29 is 4.79 Å². The number of allylic oxidation sites excluding steroid dienone is 2. The van der Waals surface area contributed by atoms with Gasteiger partial charge in [-0.15, -0.1) is 0 Å². The Kier molecular flexibility index (Phi) is 5.62. The number of carbonyl (C=O) groups is 1. The standard InChI is InChI=1S/C25H25N5O/c1-5-18(6-2)30-20(7-3)25(31)29(4)21-16-27-23(28-24(21)30)19-14-11-15-26-22(19)17-12-9-8-10-13-17/h5-6,8-16,20H,1,7H2,2-4H3. The lowest BCUT2D eigenvalue weighted by molar-refractivity contribution is -0.119. The van der Waals surface area contributed by atoms with Crippen molar-refractivity contribution in [3.8, 4) is 22.6 Å². The summed E-state index contributed by atoms with van der Waals surface area (Å²) in [5, 5.41) is 0. The number of hydrogen-bond acceptors (Lipinski definition) is 5. The SMILES string of the molecule is C=CC(=CC)N1c2nc(-c3cccnc3-c3ccccc3)ncc2N(C)C(=O)C1CC. The van der Waals surface area contributed by atoms with Crippen LogP contribution in [0.1, 0.15) is 20.3 Å². The van der Waals surface area contributed by atoms with Gasteiger partial charge in [-0.1, -0.05) is 49.9 Å². The van der Waals surface area contributed by atoms with Crippen molar-refractivity contribution in [1.29, 1.82) is 0 Å². The van der Waals surface area contributed by atoms with Gasteiger partial charge in [-0.25, -0.2) is 9.97 Å². The van der Waals surface area contributed by atoms with Gasteiger partial charge in [0.15, 0.2) is 11.6 Å². The maximum absolute atomic E-state index is 13.0. The fourth-order valence-electron chi connectivity index (χ4n) is 3.94. The Morgan fingerprint density at radius 2 is 1.94 bits per heavy atom. The van der Waals surface area contributed by atoms with Crippen LogP contribution in [0.4, 0.5) is 11.5 Å². The summed E-state index contributed by atoms with van der Waals surface area (Å²) in [6, 6.07) is 13.5. The Morgan fingerprint density at radius 3 is 2.61 bits per heavy atom. The van der Waals surface area contributed by atoms with Crippen LogP contribution in [0.25, 0.3) is 22.6 Å². The lowest BCUT2D eigenvalue weighted by Gasteiger charge is -2.40. The number of fused-ring (bicyclic) bond motifs is 1. The molecule has 156 valence electrons. The highest BCUT2D eigenvalue weighted by atomic mass is 16.2. The zero-order valence-corrected chi connectivity index (χ0v) is 18.0. The fourth-order valence-corrected chi connectivity index (χ4v) is 3.94. The first-order valence-corrected chi connectivity index (χ1v) is 10.3. The van der Waals surface area contributed by atoms with Gasteiger partial charge in [0.05, 0.1) is 11.9 Å². The van der Waals surface area contributed by atoms with Crippen LogP contribution in [0.15, 0.2) is 79.3 Å². The van der Waals surface area contributed by atoms with E-state index in [-0.39, 0.29) is 11.9 Å². The van der Waals surface area contributed by atoms with E-state index in [0.29, 0.717) is 23.8 Å². The van der Waals surface area contributed by atoms with Crippen molar-refractivity contribution in [3.05, 3.63) is 79.3 Å². The Labute approximate surface area is 182 Å². The molecule has 6 nitrogen and oxygen atoms in total. The number of aromatic nitrogens is 3. The first-order valence-electron chi connectivity index (χ1n) is 10.3. The average molecular weight is 412 g/mol. The minimum Gasteiger partial charge on any atom is -0.312 e. The highest BCUT2D eigenvalue weighted by Crippen LogP contribution is 2.39. The van der Waals surface area contributed by atoms with Gasteiger partial charge in [0, 0.05) is 30.1 Å². The topological polar surface area (TPSA) is 62.2 Å². The van der Waals surface area contributed by atoms with Crippen LogP contribution >= 0.6 is 0 Å². The largest absolute Gasteiger partial charge is 0.312 e. The molecule has 0 saturated heterocycles. The molecule has 1 amide bonds. The van der Waals surface area contributed by atoms with Gasteiger partial charge in [-0.2, -0.15) is 0 Å². The molecule has 0 aliphatic carbocycles. The van der Waals surface area contributed by atoms with Crippen molar-refractivity contribution in [1.82, 2.24) is 15.0 Å². The molecule has 1 aliphatic heterocycles. The maximum atomic E-state index is 13.0. The molecule has 1 atom stereocenters. The molecule has 2 aromatic heterocycles. The van der Waals surface area contributed by atoms with Gasteiger partial charge in [0.25, 0.3) is 0 Å². The number of hydrogen-bond donors (Lipinski definition) is 0. The van der Waals surface area contributed by atoms with Crippen molar-refractivity contribution in [3.63, 3.8) is 0 Å². The van der Waals surface area contributed by atoms with Crippen LogP contribution in [-0.4, -0.2) is 33.9 Å². The van der Waals surface area contributed by atoms with E-state index in [9.17, 15) is 4.79 Å². The molecule has 0 radical (unpaired) electrons. The van der Waals surface area contributed by atoms with Crippen LogP contribution in [0.2, 0.25) is 0 Å². The van der Waals surface area contributed by atoms with Crippen LogP contribution < -0.4 is 9.80 Å². The number of nitrogens with zero attached hydrogens (tertiary/aromatic N) is 5. The Balaban J connectivity index is 1.92. The second kappa shape index (κ2) is 8.52. The monoisotopic (exact) mass is 411 g/mol. The van der Waals surface area contributed by atoms with E-state index >= 15 is 0 Å². The summed E-state index contributed by atoms with van der Waals surface area (Å²) in [4.78, 5) is 30.8. The van der Waals surface area contributed by atoms with E-state index in [1.807, 2.05) is 67.3 Å². The summed E-state index contributed by atoms with van der Waals surface area (Å²) in [6.45, 7) is 7.87. The lowest BCUT2D eigenvalue weighted by atomic mass is 10.0. The van der Waals surface area contributed by atoms with E-state index in [4.69, 9.17) is 4.98 Å². The van der Waals surface area contributed by atoms with Crippen LogP contribution in [-0.2, 0) is 4.79 Å². The third kappa shape index (κ3) is 3.50. The third-order valence-electron chi connectivity index (χ3n) is 5.53. The molecule has 4 rings (SSSR count). The van der Waals surface area contributed by atoms with Crippen LogP contribution in [0, 0.1) is 0 Å². The molecule has 0 bridgehead atoms. The minimum absolute atomic E-state index is 0.0129. The molecule has 6 heteroatoms. The van der Waals surface area contributed by atoms with Crippen molar-refractivity contribution >= 4 is 17.4 Å². The van der Waals surface area contributed by atoms with Crippen molar-refractivity contribution in [2.75, 3.05) is 16.8 Å². The van der Waals surface area contributed by atoms with E-state index in [2.05, 4.69) is 16.5 Å². The maximum Gasteiger partial charge on any atom is 0.249 e. The number of amides is 1. The van der Waals surface area contributed by atoms with Gasteiger partial charge in [0.1, 0.15) is 11.7 Å². The third-order valence-corrected chi connectivity index (χ3v) is 5.53. The van der Waals surface area contributed by atoms with E-state index in [0.717, 1.165) is 22.5 Å². The summed E-state index contributed by atoms with van der Waals surface area (Å²) >= 11 is 0. The molecular weight excluding hydrogens is 386 g/mol. The smallest absolute Gasteiger partial charge is 0.249 e. The summed E-state index contributed by atoms with van der Waals surface area (Å²) in [5.74, 6) is 1.27. The molecular formula is C25H25N5O. The van der Waals surface area contributed by atoms with Crippen molar-refractivity contribution in [2.24, 2.45) is 0 Å². The van der Waals surface area contributed by atoms with Gasteiger partial charge in [0.2, 0.25) is 5.91 Å². The number of rotatable bonds is 5. The number of carbonyl (C=O) groups excluding carboxylic acids is 1. The highest BCUT2D eigenvalue weighted by molar-refractivity contribution is 6.05. The van der Waals surface area contributed by atoms with Crippen molar-refractivity contribution in [2.45, 2.75) is 26.3 Å². The second-order valence-corrected chi connectivity index (χ2v) is 7.28. The summed E-state index contributed by atoms with van der Waals surface area (Å²) in [6.07, 6.45) is 7.83. The number of pyridine rings is 1. The quantitative estimate of drug-likeness (QED) is 0.561. The molecule has 3 heterocycles. The number of likely N-dealkylation sites (N-methyl/N-ethyl adjacent to an activating group) is 1. The summed E-state index contributed by atoms with van der Waals surface area (Å²) in [5.41, 5.74) is 4.16. The van der Waals surface area contributed by atoms with Crippen LogP contribution in [0.3, 0.4) is 0 Å². The van der Waals surface area contributed by atoms with Gasteiger partial charge >= 0.3 is 0 Å². The molecule has 0 saturated carbocycles. The predicted molar refractivity (Wildman–Crippen MR) is 125 cm³/mol. The average Bonchev–Trinajstić information content (AvgIpc) is 2.83. The minimum atomic E-state index is -0.355. The first kappa shape index (κ1) is 20.5. The molecule has 31 heavy (non-hydrogen) atoms. The van der Waals surface area contributed by atoms with E-state index in [1.54, 1.807) is 30.4 Å². The predicted octanol–water partition coefficient (Wildman–Crippen LogP) is 4.86. The molecule has 3 aromatic rings. The Hall–Kier alpha value is -3.80.